The molecule has 0 radical (unpaired) electrons. The van der Waals surface area contributed by atoms with E-state index in [0.717, 1.165) is 16.1 Å². The Kier molecular flexibility index (Phi) is 4.29. The van der Waals surface area contributed by atoms with E-state index in [1.165, 1.54) is 11.3 Å². The predicted octanol–water partition coefficient (Wildman–Crippen LogP) is 3.83. The Morgan fingerprint density at radius 2 is 2.23 bits per heavy atom. The molecule has 4 nitrogen and oxygen atoms in total. The molecule has 0 aliphatic rings. The molecule has 1 aromatic carbocycles. The highest BCUT2D eigenvalue weighted by Crippen LogP contribution is 2.23. The van der Waals surface area contributed by atoms with Crippen LogP contribution >= 0.6 is 22.9 Å². The maximum atomic E-state index is 12.0. The zero-order chi connectivity index (χ0) is 15.7. The molecule has 3 rings (SSSR count). The van der Waals surface area contributed by atoms with E-state index >= 15 is 0 Å². The first kappa shape index (κ1) is 15.2. The lowest BCUT2D eigenvalue weighted by atomic mass is 10.1. The van der Waals surface area contributed by atoms with Crippen molar-refractivity contribution in [3.05, 3.63) is 62.5 Å². The molecule has 2 aromatic heterocycles. The van der Waals surface area contributed by atoms with E-state index in [1.54, 1.807) is 0 Å². The maximum absolute atomic E-state index is 12.0. The molecule has 0 aliphatic carbocycles. The number of benzene rings is 1. The van der Waals surface area contributed by atoms with Gasteiger partial charge in [-0.15, -0.1) is 11.3 Å². The molecule has 22 heavy (non-hydrogen) atoms. The molecule has 0 bridgehead atoms. The van der Waals surface area contributed by atoms with Crippen LogP contribution in [0.2, 0.25) is 5.02 Å². The van der Waals surface area contributed by atoms with Gasteiger partial charge < -0.3 is 4.98 Å². The Labute approximate surface area is 137 Å². The van der Waals surface area contributed by atoms with E-state index in [-0.39, 0.29) is 11.6 Å². The minimum absolute atomic E-state index is 0.0705. The molecule has 6 heteroatoms. The Balaban J connectivity index is 1.83. The Hall–Kier alpha value is -1.69. The largest absolute Gasteiger partial charge is 0.308 e. The number of thiophene rings is 1. The summed E-state index contributed by atoms with van der Waals surface area (Å²) in [4.78, 5) is 21.5. The number of aromatic amines is 1. The summed E-state index contributed by atoms with van der Waals surface area (Å²) in [7, 11) is 2.00. The molecule has 0 amide bonds. The highest BCUT2D eigenvalue weighted by Gasteiger charge is 2.14. The van der Waals surface area contributed by atoms with Gasteiger partial charge in [0.25, 0.3) is 5.56 Å². The second-order valence-electron chi connectivity index (χ2n) is 5.29. The molecular weight excluding hydrogens is 318 g/mol. The van der Waals surface area contributed by atoms with Crippen molar-refractivity contribution in [3.8, 4) is 0 Å². The third kappa shape index (κ3) is 3.06. The van der Waals surface area contributed by atoms with Gasteiger partial charge in [0.15, 0.2) is 0 Å². The number of nitrogens with zero attached hydrogens (tertiary/aromatic N) is 2. The fourth-order valence-corrected chi connectivity index (χ4v) is 3.31. The number of hydrogen-bond acceptors (Lipinski definition) is 4. The average Bonchev–Trinajstić information content (AvgIpc) is 2.95. The number of halogens is 1. The van der Waals surface area contributed by atoms with E-state index in [1.807, 2.05) is 42.8 Å². The Bertz CT molecular complexity index is 858. The lowest BCUT2D eigenvalue weighted by Gasteiger charge is -2.24. The van der Waals surface area contributed by atoms with Crippen LogP contribution in [-0.2, 0) is 6.54 Å². The van der Waals surface area contributed by atoms with E-state index in [9.17, 15) is 4.79 Å². The minimum Gasteiger partial charge on any atom is -0.308 e. The summed E-state index contributed by atoms with van der Waals surface area (Å²) < 4.78 is 0.675. The van der Waals surface area contributed by atoms with E-state index in [2.05, 4.69) is 21.8 Å². The van der Waals surface area contributed by atoms with Gasteiger partial charge in [-0.25, -0.2) is 4.98 Å². The lowest BCUT2D eigenvalue weighted by molar-refractivity contribution is 0.247. The van der Waals surface area contributed by atoms with Crippen molar-refractivity contribution in [3.63, 3.8) is 0 Å². The van der Waals surface area contributed by atoms with Crippen molar-refractivity contribution in [2.75, 3.05) is 7.05 Å². The van der Waals surface area contributed by atoms with Crippen LogP contribution in [0.15, 0.2) is 40.5 Å². The first-order valence-electron chi connectivity index (χ1n) is 6.96. The van der Waals surface area contributed by atoms with Gasteiger partial charge in [-0.1, -0.05) is 23.7 Å². The molecule has 3 aromatic rings. The number of hydrogen-bond donors (Lipinski definition) is 1. The lowest BCUT2D eigenvalue weighted by Crippen LogP contribution is -2.24. The monoisotopic (exact) mass is 333 g/mol. The van der Waals surface area contributed by atoms with Gasteiger partial charge in [-0.3, -0.25) is 9.69 Å². The fourth-order valence-electron chi connectivity index (χ4n) is 2.39. The molecule has 0 spiro atoms. The average molecular weight is 334 g/mol. The van der Waals surface area contributed by atoms with Gasteiger partial charge >= 0.3 is 0 Å². The molecule has 0 unspecified atom stereocenters. The Morgan fingerprint density at radius 3 is 3.00 bits per heavy atom. The first-order valence-corrected chi connectivity index (χ1v) is 8.22. The van der Waals surface area contributed by atoms with Crippen molar-refractivity contribution in [1.29, 1.82) is 0 Å². The SMILES string of the molecule is C[C@H](c1cccc(Cl)c1)N(C)Cc1nc2ccsc2c(=O)[nH]1. The van der Waals surface area contributed by atoms with E-state index < -0.39 is 0 Å². The Morgan fingerprint density at radius 1 is 1.41 bits per heavy atom. The molecule has 0 saturated heterocycles. The van der Waals surface area contributed by atoms with Gasteiger partial charge in [-0.2, -0.15) is 0 Å². The summed E-state index contributed by atoms with van der Waals surface area (Å²) in [5.74, 6) is 0.673. The standard InChI is InChI=1S/C16H16ClN3OS/c1-10(11-4-3-5-12(17)8-11)20(2)9-14-18-13-6-7-22-15(13)16(21)19-14/h3-8,10H,9H2,1-2H3,(H,18,19,21)/t10-/m1/s1. The number of H-pyrrole nitrogens is 1. The van der Waals surface area contributed by atoms with Crippen LogP contribution in [0.5, 0.6) is 0 Å². The summed E-state index contributed by atoms with van der Waals surface area (Å²) in [6.07, 6.45) is 0. The molecule has 0 saturated carbocycles. The van der Waals surface area contributed by atoms with Gasteiger partial charge in [0.2, 0.25) is 0 Å². The highest BCUT2D eigenvalue weighted by molar-refractivity contribution is 7.17. The fraction of sp³-hybridized carbons (Fsp3) is 0.250. The zero-order valence-electron chi connectivity index (χ0n) is 12.3. The van der Waals surface area contributed by atoms with Gasteiger partial charge in [-0.05, 0) is 43.1 Å². The summed E-state index contributed by atoms with van der Waals surface area (Å²) in [6.45, 7) is 2.67. The van der Waals surface area contributed by atoms with E-state index in [0.29, 0.717) is 17.1 Å². The van der Waals surface area contributed by atoms with Gasteiger partial charge in [0.1, 0.15) is 10.5 Å². The molecule has 1 N–H and O–H groups in total. The van der Waals surface area contributed by atoms with Crippen LogP contribution in [0.3, 0.4) is 0 Å². The van der Waals surface area contributed by atoms with Crippen molar-refractivity contribution < 1.29 is 0 Å². The number of nitrogens with one attached hydrogen (secondary N) is 1. The molecule has 2 heterocycles. The van der Waals surface area contributed by atoms with Gasteiger partial charge in [0.05, 0.1) is 12.1 Å². The van der Waals surface area contributed by atoms with Gasteiger partial charge in [0, 0.05) is 11.1 Å². The predicted molar refractivity (Wildman–Crippen MR) is 91.6 cm³/mol. The van der Waals surface area contributed by atoms with Crippen LogP contribution in [-0.4, -0.2) is 21.9 Å². The third-order valence-corrected chi connectivity index (χ3v) is 4.89. The van der Waals surface area contributed by atoms with Crippen molar-refractivity contribution >= 4 is 33.2 Å². The third-order valence-electron chi connectivity index (χ3n) is 3.76. The summed E-state index contributed by atoms with van der Waals surface area (Å²) in [5.41, 5.74) is 1.82. The van der Waals surface area contributed by atoms with Crippen LogP contribution < -0.4 is 5.56 Å². The summed E-state index contributed by atoms with van der Waals surface area (Å²) >= 11 is 7.46. The van der Waals surface area contributed by atoms with Crippen molar-refractivity contribution in [1.82, 2.24) is 14.9 Å². The maximum Gasteiger partial charge on any atom is 0.268 e. The van der Waals surface area contributed by atoms with E-state index in [4.69, 9.17) is 11.6 Å². The van der Waals surface area contributed by atoms with Crippen molar-refractivity contribution in [2.45, 2.75) is 19.5 Å². The zero-order valence-corrected chi connectivity index (χ0v) is 13.9. The molecule has 1 atom stereocenters. The molecular formula is C16H16ClN3OS. The smallest absolute Gasteiger partial charge is 0.268 e. The number of rotatable bonds is 4. The van der Waals surface area contributed by atoms with Crippen LogP contribution in [0.4, 0.5) is 0 Å². The molecule has 114 valence electrons. The van der Waals surface area contributed by atoms with Crippen molar-refractivity contribution in [2.24, 2.45) is 0 Å². The highest BCUT2D eigenvalue weighted by atomic mass is 35.5. The summed E-state index contributed by atoms with van der Waals surface area (Å²) in [5, 5.41) is 2.61. The minimum atomic E-state index is -0.0705. The number of fused-ring (bicyclic) bond motifs is 1. The second kappa shape index (κ2) is 6.20. The second-order valence-corrected chi connectivity index (χ2v) is 6.65. The normalized spacial score (nSPS) is 12.9. The van der Waals surface area contributed by atoms with Crippen LogP contribution in [0.1, 0.15) is 24.4 Å². The summed E-state index contributed by atoms with van der Waals surface area (Å²) in [6, 6.07) is 9.86. The number of aromatic nitrogens is 2. The quantitative estimate of drug-likeness (QED) is 0.789. The van der Waals surface area contributed by atoms with Crippen LogP contribution in [0, 0.1) is 0 Å². The molecule has 0 aliphatic heterocycles. The van der Waals surface area contributed by atoms with Crippen LogP contribution in [0.25, 0.3) is 10.2 Å². The molecule has 0 fully saturated rings. The first-order chi connectivity index (χ1) is 10.5. The topological polar surface area (TPSA) is 49.0 Å².